The highest BCUT2D eigenvalue weighted by atomic mass is 31.2. The second-order valence-electron chi connectivity index (χ2n) is 2.88. The lowest BCUT2D eigenvalue weighted by atomic mass is 10.5. The number of hydrogen-bond donors (Lipinski definition) is 0. The largest absolute Gasteiger partial charge is 0.332 e. The van der Waals surface area contributed by atoms with Gasteiger partial charge >= 0.3 is 8.60 Å². The third-order valence-electron chi connectivity index (χ3n) is 1.42. The molecular weight excluding hydrogens is 177 g/mol. The molecule has 1 rings (SSSR count). The van der Waals surface area contributed by atoms with E-state index in [1.807, 2.05) is 14.1 Å². The Morgan fingerprint density at radius 1 is 1.33 bits per heavy atom. The van der Waals surface area contributed by atoms with Crippen LogP contribution in [0.5, 0.6) is 0 Å². The molecule has 72 valence electrons. The fourth-order valence-electron chi connectivity index (χ4n) is 0.747. The lowest BCUT2D eigenvalue weighted by molar-refractivity contribution is 0.111. The van der Waals surface area contributed by atoms with E-state index in [-0.39, 0.29) is 0 Å². The van der Waals surface area contributed by atoms with E-state index in [4.69, 9.17) is 13.6 Å². The molecule has 1 aliphatic heterocycles. The van der Waals surface area contributed by atoms with E-state index in [0.29, 0.717) is 6.61 Å². The van der Waals surface area contributed by atoms with Crippen molar-refractivity contribution in [3.05, 3.63) is 0 Å². The first-order valence-corrected chi connectivity index (χ1v) is 5.22. The van der Waals surface area contributed by atoms with Gasteiger partial charge in [0.2, 0.25) is 0 Å². The second-order valence-corrected chi connectivity index (χ2v) is 4.10. The van der Waals surface area contributed by atoms with Crippen LogP contribution in [0, 0.1) is 0 Å². The highest BCUT2D eigenvalue weighted by molar-refractivity contribution is 7.41. The molecule has 4 nitrogen and oxygen atoms in total. The third-order valence-corrected chi connectivity index (χ3v) is 2.60. The summed E-state index contributed by atoms with van der Waals surface area (Å²) in [4.78, 5) is 2.07. The van der Waals surface area contributed by atoms with Crippen LogP contribution in [0.25, 0.3) is 0 Å². The van der Waals surface area contributed by atoms with Gasteiger partial charge in [0.1, 0.15) is 0 Å². The van der Waals surface area contributed by atoms with Crippen LogP contribution in [0.2, 0.25) is 0 Å². The third kappa shape index (κ3) is 4.33. The van der Waals surface area contributed by atoms with E-state index in [9.17, 15) is 0 Å². The van der Waals surface area contributed by atoms with Crippen molar-refractivity contribution in [1.29, 1.82) is 0 Å². The van der Waals surface area contributed by atoms with E-state index in [1.54, 1.807) is 0 Å². The molecule has 1 aliphatic rings. The van der Waals surface area contributed by atoms with Gasteiger partial charge in [-0.2, -0.15) is 0 Å². The molecule has 0 aromatic heterocycles. The van der Waals surface area contributed by atoms with E-state index in [0.717, 1.165) is 26.2 Å². The summed E-state index contributed by atoms with van der Waals surface area (Å²) in [6.07, 6.45) is 0.982. The van der Waals surface area contributed by atoms with Gasteiger partial charge in [-0.1, -0.05) is 0 Å². The Kier molecular flexibility index (Phi) is 5.04. The molecule has 1 saturated heterocycles. The summed E-state index contributed by atoms with van der Waals surface area (Å²) < 4.78 is 15.9. The predicted octanol–water partition coefficient (Wildman–Crippen LogP) is 1.23. The molecule has 0 aromatic carbocycles. The molecule has 0 bridgehead atoms. The van der Waals surface area contributed by atoms with Crippen LogP contribution in [0.3, 0.4) is 0 Å². The van der Waals surface area contributed by atoms with Crippen molar-refractivity contribution < 1.29 is 13.6 Å². The van der Waals surface area contributed by atoms with Crippen LogP contribution in [0.1, 0.15) is 6.42 Å². The summed E-state index contributed by atoms with van der Waals surface area (Å²) in [5.74, 6) is 0. The maximum atomic E-state index is 5.37. The van der Waals surface area contributed by atoms with Crippen molar-refractivity contribution in [3.63, 3.8) is 0 Å². The molecule has 0 radical (unpaired) electrons. The van der Waals surface area contributed by atoms with Gasteiger partial charge in [-0.05, 0) is 20.5 Å². The monoisotopic (exact) mass is 193 g/mol. The average Bonchev–Trinajstić information content (AvgIpc) is 2.05. The summed E-state index contributed by atoms with van der Waals surface area (Å²) in [5.41, 5.74) is 0. The van der Waals surface area contributed by atoms with E-state index in [1.165, 1.54) is 0 Å². The average molecular weight is 193 g/mol. The van der Waals surface area contributed by atoms with Crippen molar-refractivity contribution in [2.75, 3.05) is 40.5 Å². The molecule has 0 amide bonds. The van der Waals surface area contributed by atoms with Crippen molar-refractivity contribution in [2.24, 2.45) is 0 Å². The van der Waals surface area contributed by atoms with Crippen molar-refractivity contribution in [3.8, 4) is 0 Å². The first-order valence-electron chi connectivity index (χ1n) is 4.12. The topological polar surface area (TPSA) is 30.9 Å². The van der Waals surface area contributed by atoms with Crippen LogP contribution in [-0.4, -0.2) is 45.4 Å². The predicted molar refractivity (Wildman–Crippen MR) is 47.9 cm³/mol. The molecule has 0 saturated carbocycles. The van der Waals surface area contributed by atoms with Gasteiger partial charge in [0.15, 0.2) is 0 Å². The van der Waals surface area contributed by atoms with Crippen LogP contribution < -0.4 is 0 Å². The second kappa shape index (κ2) is 5.84. The SMILES string of the molecule is CN(C)CCOP1OCCCO1. The fraction of sp³-hybridized carbons (Fsp3) is 1.00. The van der Waals surface area contributed by atoms with Crippen molar-refractivity contribution >= 4 is 8.60 Å². The fourth-order valence-corrected chi connectivity index (χ4v) is 1.76. The molecule has 0 aliphatic carbocycles. The summed E-state index contributed by atoms with van der Waals surface area (Å²) in [7, 11) is 3.00. The number of rotatable bonds is 4. The van der Waals surface area contributed by atoms with Crippen LogP contribution in [0.4, 0.5) is 0 Å². The van der Waals surface area contributed by atoms with Crippen molar-refractivity contribution in [1.82, 2.24) is 4.90 Å². The Balaban J connectivity index is 1.98. The maximum absolute atomic E-state index is 5.37. The smallest absolute Gasteiger partial charge is 0.312 e. The minimum absolute atomic E-state index is 0.679. The Morgan fingerprint density at radius 3 is 2.58 bits per heavy atom. The normalized spacial score (nSPS) is 20.2. The minimum Gasteiger partial charge on any atom is -0.312 e. The van der Waals surface area contributed by atoms with Crippen LogP contribution in [0.15, 0.2) is 0 Å². The van der Waals surface area contributed by atoms with Gasteiger partial charge in [0.25, 0.3) is 0 Å². The highest BCUT2D eigenvalue weighted by Gasteiger charge is 2.16. The molecule has 1 heterocycles. The van der Waals surface area contributed by atoms with Gasteiger partial charge in [-0.3, -0.25) is 0 Å². The summed E-state index contributed by atoms with van der Waals surface area (Å²) in [5, 5.41) is 0. The Bertz CT molecular complexity index is 117. The summed E-state index contributed by atoms with van der Waals surface area (Å²) in [6, 6.07) is 0. The van der Waals surface area contributed by atoms with Gasteiger partial charge in [0.05, 0.1) is 19.8 Å². The van der Waals surface area contributed by atoms with E-state index in [2.05, 4.69) is 4.90 Å². The zero-order chi connectivity index (χ0) is 8.81. The number of hydrogen-bond acceptors (Lipinski definition) is 4. The van der Waals surface area contributed by atoms with E-state index < -0.39 is 8.60 Å². The molecule has 0 spiro atoms. The molecule has 12 heavy (non-hydrogen) atoms. The molecule has 5 heteroatoms. The Hall–Kier alpha value is 0.270. The summed E-state index contributed by atoms with van der Waals surface area (Å²) >= 11 is 0. The quantitative estimate of drug-likeness (QED) is 0.628. The minimum atomic E-state index is -1.03. The van der Waals surface area contributed by atoms with Gasteiger partial charge in [-0.25, -0.2) is 0 Å². The molecule has 0 N–H and O–H groups in total. The highest BCUT2D eigenvalue weighted by Crippen LogP contribution is 2.41. The van der Waals surface area contributed by atoms with Crippen LogP contribution in [-0.2, 0) is 13.6 Å². The van der Waals surface area contributed by atoms with Gasteiger partial charge < -0.3 is 18.5 Å². The molecule has 0 aromatic rings. The first-order chi connectivity index (χ1) is 5.79. The van der Waals surface area contributed by atoms with Gasteiger partial charge in [0, 0.05) is 6.54 Å². The molecule has 0 unspecified atom stereocenters. The molecular formula is C7H16NO3P. The number of likely N-dealkylation sites (N-methyl/N-ethyl adjacent to an activating group) is 1. The maximum Gasteiger partial charge on any atom is 0.332 e. The number of nitrogens with zero attached hydrogens (tertiary/aromatic N) is 1. The van der Waals surface area contributed by atoms with E-state index >= 15 is 0 Å². The summed E-state index contributed by atoms with van der Waals surface area (Å²) in [6.45, 7) is 3.13. The van der Waals surface area contributed by atoms with Gasteiger partial charge in [-0.15, -0.1) is 0 Å². The Labute approximate surface area is 74.8 Å². The molecule has 0 atom stereocenters. The first kappa shape index (κ1) is 10.4. The van der Waals surface area contributed by atoms with Crippen molar-refractivity contribution in [2.45, 2.75) is 6.42 Å². The molecule has 1 fully saturated rings. The standard InChI is InChI=1S/C7H16NO3P/c1-8(2)4-7-11-12-9-5-3-6-10-12/h3-7H2,1-2H3. The Morgan fingerprint density at radius 2 is 2.00 bits per heavy atom. The van der Waals surface area contributed by atoms with Crippen LogP contribution >= 0.6 is 8.60 Å². The lowest BCUT2D eigenvalue weighted by Crippen LogP contribution is -2.18. The zero-order valence-corrected chi connectivity index (χ0v) is 8.55. The zero-order valence-electron chi connectivity index (χ0n) is 7.65. The lowest BCUT2D eigenvalue weighted by Gasteiger charge is -2.21.